The number of ether oxygens (including phenoxy) is 3. The molecule has 4 nitrogen and oxygen atoms in total. The van der Waals surface area contributed by atoms with Crippen LogP contribution in [0.15, 0.2) is 12.1 Å². The summed E-state index contributed by atoms with van der Waals surface area (Å²) in [5, 5.41) is 3.25. The summed E-state index contributed by atoms with van der Waals surface area (Å²) in [5.41, 5.74) is 0.550. The van der Waals surface area contributed by atoms with Gasteiger partial charge in [-0.05, 0) is 6.07 Å². The third kappa shape index (κ3) is 5.34. The first-order chi connectivity index (χ1) is 9.37. The molecule has 0 atom stereocenters. The Bertz CT molecular complexity index is 441. The monoisotopic (exact) mass is 313 g/mol. The van der Waals surface area contributed by atoms with E-state index in [2.05, 4.69) is 10.1 Å². The highest BCUT2D eigenvalue weighted by Crippen LogP contribution is 2.35. The van der Waals surface area contributed by atoms with Gasteiger partial charge in [0, 0.05) is 12.6 Å². The molecule has 114 valence electrons. The molecule has 0 aliphatic rings. The van der Waals surface area contributed by atoms with E-state index < -0.39 is 12.8 Å². The molecule has 0 aliphatic carbocycles. The normalized spacial score (nSPS) is 11.3. The second kappa shape index (κ2) is 7.44. The number of hydrogen-bond acceptors (Lipinski definition) is 4. The van der Waals surface area contributed by atoms with Crippen molar-refractivity contribution in [1.29, 1.82) is 0 Å². The van der Waals surface area contributed by atoms with Crippen molar-refractivity contribution in [3.63, 3.8) is 0 Å². The maximum Gasteiger partial charge on any atom is 0.411 e. The molecule has 1 rings (SSSR count). The van der Waals surface area contributed by atoms with Gasteiger partial charge in [-0.15, -0.1) is 0 Å². The Balaban J connectivity index is 2.53. The SMILES string of the molecule is COc1cc(OC)c(NCCOCC(F)(F)F)cc1Cl. The van der Waals surface area contributed by atoms with Crippen LogP contribution in [0.4, 0.5) is 18.9 Å². The molecule has 0 bridgehead atoms. The summed E-state index contributed by atoms with van der Waals surface area (Å²) < 4.78 is 50.2. The lowest BCUT2D eigenvalue weighted by Crippen LogP contribution is -2.20. The average Bonchev–Trinajstić information content (AvgIpc) is 2.37. The van der Waals surface area contributed by atoms with Crippen LogP contribution >= 0.6 is 11.6 Å². The topological polar surface area (TPSA) is 39.7 Å². The van der Waals surface area contributed by atoms with E-state index in [1.165, 1.54) is 14.2 Å². The van der Waals surface area contributed by atoms with E-state index in [4.69, 9.17) is 21.1 Å². The standard InChI is InChI=1S/C12H15ClF3NO3/c1-18-10-6-11(19-2)9(5-8(10)13)17-3-4-20-7-12(14,15)16/h5-6,17H,3-4,7H2,1-2H3. The minimum absolute atomic E-state index is 0.0910. The fourth-order valence-corrected chi connectivity index (χ4v) is 1.68. The zero-order valence-electron chi connectivity index (χ0n) is 11.0. The summed E-state index contributed by atoms with van der Waals surface area (Å²) in [4.78, 5) is 0. The Morgan fingerprint density at radius 3 is 2.35 bits per heavy atom. The van der Waals surface area contributed by atoms with Crippen molar-refractivity contribution < 1.29 is 27.4 Å². The Kier molecular flexibility index (Phi) is 6.22. The van der Waals surface area contributed by atoms with Crippen LogP contribution in [0.5, 0.6) is 11.5 Å². The molecule has 1 aromatic carbocycles. The lowest BCUT2D eigenvalue weighted by molar-refractivity contribution is -0.172. The summed E-state index contributed by atoms with van der Waals surface area (Å²) in [6, 6.07) is 3.16. The maximum absolute atomic E-state index is 11.9. The van der Waals surface area contributed by atoms with Crippen LogP contribution in [0.3, 0.4) is 0 Å². The Morgan fingerprint density at radius 1 is 1.15 bits per heavy atom. The van der Waals surface area contributed by atoms with Crippen LogP contribution in [0.2, 0.25) is 5.02 Å². The van der Waals surface area contributed by atoms with E-state index in [0.717, 1.165) is 0 Å². The van der Waals surface area contributed by atoms with E-state index in [-0.39, 0.29) is 13.2 Å². The molecule has 0 aliphatic heterocycles. The summed E-state index contributed by atoms with van der Waals surface area (Å²) in [5.74, 6) is 0.921. The second-order valence-corrected chi connectivity index (χ2v) is 4.19. The first-order valence-corrected chi connectivity index (χ1v) is 6.05. The van der Waals surface area contributed by atoms with Gasteiger partial charge in [0.2, 0.25) is 0 Å². The first-order valence-electron chi connectivity index (χ1n) is 5.67. The van der Waals surface area contributed by atoms with Gasteiger partial charge in [0.1, 0.15) is 18.1 Å². The average molecular weight is 314 g/mol. The number of hydrogen-bond donors (Lipinski definition) is 1. The molecule has 0 amide bonds. The number of nitrogens with one attached hydrogen (secondary N) is 1. The molecule has 0 heterocycles. The van der Waals surface area contributed by atoms with Gasteiger partial charge >= 0.3 is 6.18 Å². The van der Waals surface area contributed by atoms with Gasteiger partial charge in [0.25, 0.3) is 0 Å². The van der Waals surface area contributed by atoms with E-state index in [0.29, 0.717) is 22.2 Å². The van der Waals surface area contributed by atoms with Gasteiger partial charge in [0.15, 0.2) is 0 Å². The molecule has 20 heavy (non-hydrogen) atoms. The Labute approximate surface area is 119 Å². The zero-order chi connectivity index (χ0) is 15.2. The third-order valence-corrected chi connectivity index (χ3v) is 2.60. The van der Waals surface area contributed by atoms with E-state index in [9.17, 15) is 13.2 Å². The molecular formula is C12H15ClF3NO3. The van der Waals surface area contributed by atoms with Crippen LogP contribution in [0, 0.1) is 0 Å². The smallest absolute Gasteiger partial charge is 0.411 e. The van der Waals surface area contributed by atoms with Gasteiger partial charge in [-0.2, -0.15) is 13.2 Å². The fourth-order valence-electron chi connectivity index (χ4n) is 1.44. The molecule has 1 N–H and O–H groups in total. The predicted molar refractivity (Wildman–Crippen MR) is 69.9 cm³/mol. The zero-order valence-corrected chi connectivity index (χ0v) is 11.8. The third-order valence-electron chi connectivity index (χ3n) is 2.30. The van der Waals surface area contributed by atoms with Crippen molar-refractivity contribution in [1.82, 2.24) is 0 Å². The second-order valence-electron chi connectivity index (χ2n) is 3.78. The molecule has 0 spiro atoms. The van der Waals surface area contributed by atoms with Crippen LogP contribution in [0.25, 0.3) is 0 Å². The molecule has 0 radical (unpaired) electrons. The largest absolute Gasteiger partial charge is 0.495 e. The highest BCUT2D eigenvalue weighted by atomic mass is 35.5. The van der Waals surface area contributed by atoms with Crippen LogP contribution in [-0.2, 0) is 4.74 Å². The van der Waals surface area contributed by atoms with Crippen molar-refractivity contribution in [3.05, 3.63) is 17.2 Å². The number of anilines is 1. The lowest BCUT2D eigenvalue weighted by Gasteiger charge is -2.14. The first kappa shape index (κ1) is 16.7. The van der Waals surface area contributed by atoms with Crippen LogP contribution in [-0.4, -0.2) is 40.2 Å². The molecule has 1 aromatic rings. The van der Waals surface area contributed by atoms with Crippen molar-refractivity contribution in [2.45, 2.75) is 6.18 Å². The summed E-state index contributed by atoms with van der Waals surface area (Å²) in [7, 11) is 2.94. The highest BCUT2D eigenvalue weighted by Gasteiger charge is 2.27. The highest BCUT2D eigenvalue weighted by molar-refractivity contribution is 6.32. The summed E-state index contributed by atoms with van der Waals surface area (Å²) in [6.07, 6.45) is -4.32. The van der Waals surface area contributed by atoms with Crippen molar-refractivity contribution in [2.75, 3.05) is 39.3 Å². The Morgan fingerprint density at radius 2 is 1.80 bits per heavy atom. The minimum Gasteiger partial charge on any atom is -0.495 e. The molecule has 8 heteroatoms. The number of alkyl halides is 3. The van der Waals surface area contributed by atoms with E-state index in [1.54, 1.807) is 12.1 Å². The van der Waals surface area contributed by atoms with Crippen molar-refractivity contribution in [2.24, 2.45) is 0 Å². The minimum atomic E-state index is -4.32. The van der Waals surface area contributed by atoms with Crippen molar-refractivity contribution >= 4 is 17.3 Å². The molecule has 0 aromatic heterocycles. The van der Waals surface area contributed by atoms with E-state index >= 15 is 0 Å². The quantitative estimate of drug-likeness (QED) is 0.784. The van der Waals surface area contributed by atoms with Crippen molar-refractivity contribution in [3.8, 4) is 11.5 Å². The molecule has 0 unspecified atom stereocenters. The van der Waals surface area contributed by atoms with E-state index in [1.807, 2.05) is 0 Å². The van der Waals surface area contributed by atoms with Gasteiger partial charge < -0.3 is 19.5 Å². The molecule has 0 saturated heterocycles. The van der Waals surface area contributed by atoms with Gasteiger partial charge in [0.05, 0.1) is 31.5 Å². The van der Waals surface area contributed by atoms with Gasteiger partial charge in [-0.1, -0.05) is 11.6 Å². The lowest BCUT2D eigenvalue weighted by atomic mass is 10.2. The number of benzene rings is 1. The predicted octanol–water partition coefficient (Wildman–Crippen LogP) is 3.35. The molecular weight excluding hydrogens is 299 g/mol. The number of halogens is 4. The number of rotatable bonds is 7. The van der Waals surface area contributed by atoms with Gasteiger partial charge in [-0.3, -0.25) is 0 Å². The number of methoxy groups -OCH3 is 2. The maximum atomic E-state index is 11.9. The van der Waals surface area contributed by atoms with Crippen LogP contribution in [0.1, 0.15) is 0 Å². The molecule has 0 saturated carbocycles. The fraction of sp³-hybridized carbons (Fsp3) is 0.500. The molecule has 0 fully saturated rings. The Hall–Kier alpha value is -1.34. The summed E-state index contributed by atoms with van der Waals surface area (Å²) in [6.45, 7) is -1.17. The van der Waals surface area contributed by atoms with Gasteiger partial charge in [-0.25, -0.2) is 0 Å². The summed E-state index contributed by atoms with van der Waals surface area (Å²) >= 11 is 5.96. The van der Waals surface area contributed by atoms with Crippen LogP contribution < -0.4 is 14.8 Å².